The first-order valence-corrected chi connectivity index (χ1v) is 11.0. The van der Waals surface area contributed by atoms with E-state index in [0.717, 1.165) is 38.4 Å². The molecule has 0 aliphatic carbocycles. The molecule has 33 heavy (non-hydrogen) atoms. The average Bonchev–Trinajstić information content (AvgIpc) is 2.80. The fourth-order valence-corrected chi connectivity index (χ4v) is 3.75. The minimum absolute atomic E-state index is 0.126. The molecular weight excluding hydrogens is 425 g/mol. The molecule has 0 saturated carbocycles. The summed E-state index contributed by atoms with van der Waals surface area (Å²) in [5.74, 6) is -1.95. The molecule has 3 rings (SSSR count). The van der Waals surface area contributed by atoms with E-state index in [0.29, 0.717) is 24.1 Å². The molecule has 1 fully saturated rings. The number of ketones is 1. The number of aliphatic carboxylic acids is 2. The van der Waals surface area contributed by atoms with E-state index in [-0.39, 0.29) is 11.6 Å². The second kappa shape index (κ2) is 14.0. The largest absolute Gasteiger partial charge is 0.478 e. The monoisotopic (exact) mass is 455 g/mol. The Morgan fingerprint density at radius 3 is 2.03 bits per heavy atom. The van der Waals surface area contributed by atoms with Crippen LogP contribution in [0.25, 0.3) is 0 Å². The van der Waals surface area contributed by atoms with Crippen LogP contribution in [0.3, 0.4) is 0 Å². The number of benzene rings is 2. The van der Waals surface area contributed by atoms with Gasteiger partial charge in [0, 0.05) is 30.7 Å². The van der Waals surface area contributed by atoms with E-state index in [1.54, 1.807) is 12.1 Å². The Balaban J connectivity index is 0.000000414. The zero-order valence-electron chi connectivity index (χ0n) is 18.5. The molecule has 0 aromatic heterocycles. The number of halogens is 1. The number of hydrogen-bond acceptors (Lipinski definition) is 4. The van der Waals surface area contributed by atoms with E-state index in [4.69, 9.17) is 10.2 Å². The Bertz CT molecular complexity index is 903. The number of Topliss-reactive ketones (excluding diaryl/α,β-unsaturated/α-hetero) is 1. The topological polar surface area (TPSA) is 94.9 Å². The minimum atomic E-state index is -1.26. The van der Waals surface area contributed by atoms with E-state index < -0.39 is 11.9 Å². The van der Waals surface area contributed by atoms with Crippen LogP contribution in [-0.4, -0.2) is 45.9 Å². The lowest BCUT2D eigenvalue weighted by Gasteiger charge is -2.32. The predicted molar refractivity (Wildman–Crippen MR) is 123 cm³/mol. The summed E-state index contributed by atoms with van der Waals surface area (Å²) in [6.45, 7) is 3.33. The molecular formula is C26H30FNO5. The first kappa shape index (κ1) is 25.9. The van der Waals surface area contributed by atoms with Crippen molar-refractivity contribution < 1.29 is 29.0 Å². The van der Waals surface area contributed by atoms with E-state index >= 15 is 0 Å². The average molecular weight is 456 g/mol. The molecule has 0 atom stereocenters. The maximum Gasteiger partial charge on any atom is 0.328 e. The molecule has 2 N–H and O–H groups in total. The van der Waals surface area contributed by atoms with Crippen LogP contribution >= 0.6 is 0 Å². The molecule has 2 aromatic carbocycles. The van der Waals surface area contributed by atoms with Crippen molar-refractivity contribution in [1.29, 1.82) is 0 Å². The van der Waals surface area contributed by atoms with Crippen molar-refractivity contribution >= 4 is 17.7 Å². The van der Waals surface area contributed by atoms with Crippen molar-refractivity contribution in [3.8, 4) is 0 Å². The van der Waals surface area contributed by atoms with Gasteiger partial charge in [-0.1, -0.05) is 30.3 Å². The van der Waals surface area contributed by atoms with Gasteiger partial charge >= 0.3 is 11.9 Å². The SMILES string of the molecule is O=C(CCCC1CCN(Cc2ccccc2)CC1)c1ccc(F)cc1.O=C(O)/C=C/C(=O)O. The summed E-state index contributed by atoms with van der Waals surface area (Å²) in [5.41, 5.74) is 2.00. The lowest BCUT2D eigenvalue weighted by Crippen LogP contribution is -2.33. The van der Waals surface area contributed by atoms with E-state index in [1.165, 1.54) is 30.5 Å². The quantitative estimate of drug-likeness (QED) is 0.417. The van der Waals surface area contributed by atoms with Crippen LogP contribution in [0.15, 0.2) is 66.7 Å². The van der Waals surface area contributed by atoms with Gasteiger partial charge in [0.05, 0.1) is 0 Å². The Kier molecular flexibility index (Phi) is 11.0. The van der Waals surface area contributed by atoms with Crippen LogP contribution in [0.5, 0.6) is 0 Å². The maximum atomic E-state index is 12.9. The zero-order chi connectivity index (χ0) is 24.1. The van der Waals surface area contributed by atoms with Crippen molar-refractivity contribution in [2.24, 2.45) is 5.92 Å². The summed E-state index contributed by atoms with van der Waals surface area (Å²) in [6, 6.07) is 16.5. The molecule has 0 amide bonds. The normalized spacial score (nSPS) is 14.5. The highest BCUT2D eigenvalue weighted by Crippen LogP contribution is 2.24. The third-order valence-corrected chi connectivity index (χ3v) is 5.51. The Hall–Kier alpha value is -3.32. The van der Waals surface area contributed by atoms with Crippen molar-refractivity contribution in [3.05, 3.63) is 83.7 Å². The second-order valence-corrected chi connectivity index (χ2v) is 8.04. The van der Waals surface area contributed by atoms with Gasteiger partial charge in [0.1, 0.15) is 5.82 Å². The summed E-state index contributed by atoms with van der Waals surface area (Å²) in [5, 5.41) is 15.6. The Labute approximate surface area is 193 Å². The smallest absolute Gasteiger partial charge is 0.328 e. The molecule has 1 aliphatic heterocycles. The van der Waals surface area contributed by atoms with Gasteiger partial charge in [0.15, 0.2) is 5.78 Å². The van der Waals surface area contributed by atoms with E-state index in [2.05, 4.69) is 35.2 Å². The van der Waals surface area contributed by atoms with Gasteiger partial charge in [-0.3, -0.25) is 9.69 Å². The van der Waals surface area contributed by atoms with Gasteiger partial charge in [-0.25, -0.2) is 14.0 Å². The number of carboxylic acids is 2. The zero-order valence-corrected chi connectivity index (χ0v) is 18.5. The molecule has 1 aliphatic rings. The molecule has 7 heteroatoms. The van der Waals surface area contributed by atoms with Crippen LogP contribution in [0.2, 0.25) is 0 Å². The highest BCUT2D eigenvalue weighted by Gasteiger charge is 2.19. The molecule has 0 spiro atoms. The lowest BCUT2D eigenvalue weighted by atomic mass is 9.90. The highest BCUT2D eigenvalue weighted by atomic mass is 19.1. The fraction of sp³-hybridized carbons (Fsp3) is 0.346. The molecule has 1 heterocycles. The van der Waals surface area contributed by atoms with Crippen molar-refractivity contribution in [1.82, 2.24) is 4.90 Å². The number of carboxylic acid groups (broad SMARTS) is 2. The number of hydrogen-bond donors (Lipinski definition) is 2. The summed E-state index contributed by atoms with van der Waals surface area (Å²) >= 11 is 0. The van der Waals surface area contributed by atoms with E-state index in [9.17, 15) is 18.8 Å². The molecule has 1 saturated heterocycles. The number of likely N-dealkylation sites (tertiary alicyclic amines) is 1. The number of carbonyl (C=O) groups is 3. The minimum Gasteiger partial charge on any atom is -0.478 e. The Morgan fingerprint density at radius 2 is 1.48 bits per heavy atom. The molecule has 0 bridgehead atoms. The highest BCUT2D eigenvalue weighted by molar-refractivity contribution is 5.95. The van der Waals surface area contributed by atoms with Gasteiger partial charge in [0.2, 0.25) is 0 Å². The maximum absolute atomic E-state index is 12.9. The summed E-state index contributed by atoms with van der Waals surface area (Å²) in [6.07, 6.45) is 6.17. The number of carbonyl (C=O) groups excluding carboxylic acids is 1. The summed E-state index contributed by atoms with van der Waals surface area (Å²) in [7, 11) is 0. The van der Waals surface area contributed by atoms with Crippen LogP contribution < -0.4 is 0 Å². The van der Waals surface area contributed by atoms with Gasteiger partial charge in [-0.15, -0.1) is 0 Å². The molecule has 176 valence electrons. The van der Waals surface area contributed by atoms with E-state index in [1.807, 2.05) is 0 Å². The first-order chi connectivity index (χ1) is 15.8. The standard InChI is InChI=1S/C22H26FNO.C4H4O4/c23-21-11-9-20(10-12-21)22(25)8-4-7-18-13-15-24(16-14-18)17-19-5-2-1-3-6-19;5-3(6)1-2-4(7)8/h1-3,5-6,9-12,18H,4,7-8,13-17H2;1-2H,(H,5,6)(H,7,8)/b;2-1+. The lowest BCUT2D eigenvalue weighted by molar-refractivity contribution is -0.134. The van der Waals surface area contributed by atoms with Gasteiger partial charge in [-0.05, 0) is 74.5 Å². The van der Waals surface area contributed by atoms with Crippen LogP contribution in [0.4, 0.5) is 4.39 Å². The fourth-order valence-electron chi connectivity index (χ4n) is 3.75. The first-order valence-electron chi connectivity index (χ1n) is 11.0. The predicted octanol–water partition coefficient (Wildman–Crippen LogP) is 4.80. The second-order valence-electron chi connectivity index (χ2n) is 8.04. The van der Waals surface area contributed by atoms with Crippen LogP contribution in [0.1, 0.15) is 48.0 Å². The van der Waals surface area contributed by atoms with Crippen molar-refractivity contribution in [2.45, 2.75) is 38.6 Å². The summed E-state index contributed by atoms with van der Waals surface area (Å²) in [4.78, 5) is 33.8. The van der Waals surface area contributed by atoms with Gasteiger partial charge in [0.25, 0.3) is 0 Å². The third kappa shape index (κ3) is 10.7. The van der Waals surface area contributed by atoms with Crippen molar-refractivity contribution in [2.75, 3.05) is 13.1 Å². The number of nitrogens with zero attached hydrogens (tertiary/aromatic N) is 1. The van der Waals surface area contributed by atoms with Gasteiger partial charge in [-0.2, -0.15) is 0 Å². The number of rotatable bonds is 9. The molecule has 2 aromatic rings. The molecule has 0 unspecified atom stereocenters. The van der Waals surface area contributed by atoms with Crippen LogP contribution in [0, 0.1) is 11.7 Å². The van der Waals surface area contributed by atoms with Crippen LogP contribution in [-0.2, 0) is 16.1 Å². The van der Waals surface area contributed by atoms with Gasteiger partial charge < -0.3 is 10.2 Å². The van der Waals surface area contributed by atoms with Crippen molar-refractivity contribution in [3.63, 3.8) is 0 Å². The molecule has 0 radical (unpaired) electrons. The number of piperidine rings is 1. The third-order valence-electron chi connectivity index (χ3n) is 5.51. The molecule has 6 nitrogen and oxygen atoms in total. The Morgan fingerprint density at radius 1 is 0.909 bits per heavy atom. The summed E-state index contributed by atoms with van der Waals surface area (Å²) < 4.78 is 12.9.